The Morgan fingerprint density at radius 2 is 1.61 bits per heavy atom. The fraction of sp³-hybridized carbons (Fsp3) is 0.150. The summed E-state index contributed by atoms with van der Waals surface area (Å²) in [6.07, 6.45) is 1.74. The molecule has 1 fully saturated rings. The third-order valence-corrected chi connectivity index (χ3v) is 6.05. The number of anilines is 1. The van der Waals surface area contributed by atoms with Crippen LogP contribution in [0.25, 0.3) is 10.8 Å². The maximum Gasteiger partial charge on any atom is 0.279 e. The highest BCUT2D eigenvalue weighted by Crippen LogP contribution is 2.32. The van der Waals surface area contributed by atoms with E-state index in [1.807, 2.05) is 24.3 Å². The summed E-state index contributed by atoms with van der Waals surface area (Å²) >= 11 is 4.56. The lowest BCUT2D eigenvalue weighted by atomic mass is 10.0. The average Bonchev–Trinajstić information content (AvgIpc) is 3.46. The zero-order valence-electron chi connectivity index (χ0n) is 14.6. The van der Waals surface area contributed by atoms with Gasteiger partial charge in [0, 0.05) is 5.92 Å². The van der Waals surface area contributed by atoms with E-state index in [-0.39, 0.29) is 11.8 Å². The van der Waals surface area contributed by atoms with Gasteiger partial charge in [-0.3, -0.25) is 25.2 Å². The highest BCUT2D eigenvalue weighted by Gasteiger charge is 2.30. The van der Waals surface area contributed by atoms with E-state index in [1.165, 1.54) is 11.3 Å². The molecule has 3 amide bonds. The fourth-order valence-electron chi connectivity index (χ4n) is 2.79. The summed E-state index contributed by atoms with van der Waals surface area (Å²) in [5, 5.41) is 4.63. The molecule has 0 bridgehead atoms. The fourth-order valence-corrected chi connectivity index (χ4v) is 4.07. The molecule has 2 aromatic carbocycles. The quantitative estimate of drug-likeness (QED) is 0.515. The first-order valence-electron chi connectivity index (χ1n) is 8.71. The van der Waals surface area contributed by atoms with Crippen molar-refractivity contribution in [3.8, 4) is 0 Å². The number of hydrazine groups is 1. The third-order valence-electron chi connectivity index (χ3n) is 4.42. The number of nitrogens with one attached hydrogen (secondary N) is 3. The van der Waals surface area contributed by atoms with Gasteiger partial charge in [0.1, 0.15) is 0 Å². The minimum absolute atomic E-state index is 0.0133. The van der Waals surface area contributed by atoms with Gasteiger partial charge in [-0.25, -0.2) is 0 Å². The zero-order valence-corrected chi connectivity index (χ0v) is 17.0. The lowest BCUT2D eigenvalue weighted by molar-refractivity contribution is -0.117. The molecule has 3 aromatic rings. The highest BCUT2D eigenvalue weighted by molar-refractivity contribution is 9.11. The lowest BCUT2D eigenvalue weighted by Gasteiger charge is -2.13. The highest BCUT2D eigenvalue weighted by atomic mass is 79.9. The van der Waals surface area contributed by atoms with Crippen molar-refractivity contribution in [1.29, 1.82) is 0 Å². The molecule has 1 heterocycles. The second kappa shape index (κ2) is 7.73. The van der Waals surface area contributed by atoms with E-state index < -0.39 is 11.8 Å². The summed E-state index contributed by atoms with van der Waals surface area (Å²) in [5.41, 5.74) is 5.57. The van der Waals surface area contributed by atoms with Crippen molar-refractivity contribution in [1.82, 2.24) is 10.9 Å². The Balaban J connectivity index is 1.57. The minimum atomic E-state index is -0.499. The number of benzene rings is 2. The van der Waals surface area contributed by atoms with Gasteiger partial charge in [-0.05, 0) is 63.8 Å². The molecule has 8 heteroatoms. The van der Waals surface area contributed by atoms with Gasteiger partial charge in [-0.1, -0.05) is 24.3 Å². The van der Waals surface area contributed by atoms with Gasteiger partial charge >= 0.3 is 0 Å². The van der Waals surface area contributed by atoms with E-state index in [0.29, 0.717) is 16.1 Å². The molecular weight excluding hydrogens is 442 g/mol. The number of hydrogen-bond donors (Lipinski definition) is 3. The summed E-state index contributed by atoms with van der Waals surface area (Å²) in [7, 11) is 0. The maximum atomic E-state index is 12.7. The van der Waals surface area contributed by atoms with Crippen LogP contribution in [-0.2, 0) is 4.79 Å². The van der Waals surface area contributed by atoms with Gasteiger partial charge < -0.3 is 5.32 Å². The number of fused-ring (bicyclic) bond motifs is 1. The van der Waals surface area contributed by atoms with Gasteiger partial charge in [0.15, 0.2) is 0 Å². The second-order valence-corrected chi connectivity index (χ2v) is 8.98. The normalized spacial score (nSPS) is 13.2. The zero-order chi connectivity index (χ0) is 19.7. The summed E-state index contributed by atoms with van der Waals surface area (Å²) < 4.78 is 0.823. The molecule has 1 aliphatic carbocycles. The van der Waals surface area contributed by atoms with E-state index in [9.17, 15) is 14.4 Å². The Kier molecular flexibility index (Phi) is 5.15. The number of rotatable bonds is 4. The van der Waals surface area contributed by atoms with Crippen molar-refractivity contribution in [2.24, 2.45) is 5.92 Å². The molecule has 4 rings (SSSR count). The Hall–Kier alpha value is -2.71. The molecule has 0 radical (unpaired) electrons. The van der Waals surface area contributed by atoms with Crippen LogP contribution in [0.5, 0.6) is 0 Å². The maximum absolute atomic E-state index is 12.7. The van der Waals surface area contributed by atoms with Crippen LogP contribution in [0.1, 0.15) is 32.9 Å². The predicted octanol–water partition coefficient (Wildman–Crippen LogP) is 4.09. The third kappa shape index (κ3) is 4.07. The molecule has 6 nitrogen and oxygen atoms in total. The van der Waals surface area contributed by atoms with Gasteiger partial charge in [0.05, 0.1) is 19.9 Å². The van der Waals surface area contributed by atoms with Crippen LogP contribution in [0.2, 0.25) is 0 Å². The second-order valence-electron chi connectivity index (χ2n) is 6.52. The first kappa shape index (κ1) is 18.6. The van der Waals surface area contributed by atoms with Crippen molar-refractivity contribution in [2.75, 3.05) is 5.32 Å². The summed E-state index contributed by atoms with van der Waals surface area (Å²) in [5.74, 6) is -0.981. The molecule has 0 aliphatic heterocycles. The van der Waals surface area contributed by atoms with Crippen molar-refractivity contribution < 1.29 is 14.4 Å². The summed E-state index contributed by atoms with van der Waals surface area (Å²) in [6, 6.07) is 14.5. The van der Waals surface area contributed by atoms with Gasteiger partial charge in [-0.2, -0.15) is 0 Å². The Labute approximate surface area is 173 Å². The van der Waals surface area contributed by atoms with Gasteiger partial charge in [0.25, 0.3) is 11.8 Å². The molecule has 142 valence electrons. The molecule has 1 aliphatic rings. The van der Waals surface area contributed by atoms with Gasteiger partial charge in [0.2, 0.25) is 5.91 Å². The number of amides is 3. The SMILES string of the molecule is O=C(NNC(=O)c1cc2ccccc2cc1NC(=O)C1CC1)c1ccc(Br)s1. The Bertz CT molecular complexity index is 1090. The van der Waals surface area contributed by atoms with Crippen LogP contribution >= 0.6 is 27.3 Å². The monoisotopic (exact) mass is 457 g/mol. The molecule has 0 atom stereocenters. The smallest absolute Gasteiger partial charge is 0.279 e. The van der Waals surface area contributed by atoms with Crippen LogP contribution < -0.4 is 16.2 Å². The standard InChI is InChI=1S/C20H16BrN3O3S/c21-17-8-7-16(28-17)20(27)24-23-19(26)14-9-12-3-1-2-4-13(12)10-15(14)22-18(25)11-5-6-11/h1-4,7-11H,5-6H2,(H,22,25)(H,23,26)(H,24,27). The van der Waals surface area contributed by atoms with E-state index in [0.717, 1.165) is 27.4 Å². The number of carbonyl (C=O) groups is 3. The largest absolute Gasteiger partial charge is 0.325 e. The molecule has 0 spiro atoms. The molecule has 3 N–H and O–H groups in total. The lowest BCUT2D eigenvalue weighted by Crippen LogP contribution is -2.41. The Morgan fingerprint density at radius 1 is 0.929 bits per heavy atom. The van der Waals surface area contributed by atoms with Crippen LogP contribution in [0.3, 0.4) is 0 Å². The average molecular weight is 458 g/mol. The number of halogens is 1. The molecule has 28 heavy (non-hydrogen) atoms. The molecule has 0 saturated heterocycles. The van der Waals surface area contributed by atoms with E-state index >= 15 is 0 Å². The summed E-state index contributed by atoms with van der Waals surface area (Å²) in [6.45, 7) is 0. The molecule has 1 saturated carbocycles. The van der Waals surface area contributed by atoms with E-state index in [2.05, 4.69) is 32.1 Å². The number of thiophene rings is 1. The van der Waals surface area contributed by atoms with Crippen molar-refractivity contribution >= 4 is 61.4 Å². The van der Waals surface area contributed by atoms with E-state index in [1.54, 1.807) is 24.3 Å². The minimum Gasteiger partial charge on any atom is -0.325 e. The predicted molar refractivity (Wildman–Crippen MR) is 112 cm³/mol. The van der Waals surface area contributed by atoms with Crippen molar-refractivity contribution in [2.45, 2.75) is 12.8 Å². The van der Waals surface area contributed by atoms with Crippen molar-refractivity contribution in [3.63, 3.8) is 0 Å². The molecule has 1 aromatic heterocycles. The first-order valence-corrected chi connectivity index (χ1v) is 10.3. The summed E-state index contributed by atoms with van der Waals surface area (Å²) in [4.78, 5) is 37.6. The van der Waals surface area contributed by atoms with Crippen LogP contribution in [-0.4, -0.2) is 17.7 Å². The van der Waals surface area contributed by atoms with E-state index in [4.69, 9.17) is 0 Å². The molecular formula is C20H16BrN3O3S. The Morgan fingerprint density at radius 3 is 2.25 bits per heavy atom. The van der Waals surface area contributed by atoms with Crippen LogP contribution in [0.15, 0.2) is 52.3 Å². The number of carbonyl (C=O) groups excluding carboxylic acids is 3. The van der Waals surface area contributed by atoms with Gasteiger partial charge in [-0.15, -0.1) is 11.3 Å². The van der Waals surface area contributed by atoms with Crippen molar-refractivity contribution in [3.05, 3.63) is 62.8 Å². The van der Waals surface area contributed by atoms with Crippen LogP contribution in [0.4, 0.5) is 5.69 Å². The number of hydrogen-bond acceptors (Lipinski definition) is 4. The topological polar surface area (TPSA) is 87.3 Å². The van der Waals surface area contributed by atoms with Crippen LogP contribution in [0, 0.1) is 5.92 Å². The molecule has 0 unspecified atom stereocenters. The first-order chi connectivity index (χ1) is 13.5.